The highest BCUT2D eigenvalue weighted by atomic mass is 32.1. The maximum Gasteiger partial charge on any atom is 0.0375 e. The van der Waals surface area contributed by atoms with Crippen molar-refractivity contribution in [3.8, 4) is 0 Å². The van der Waals surface area contributed by atoms with Crippen LogP contribution >= 0.6 is 11.3 Å². The minimum atomic E-state index is 0.759. The Hall–Kier alpha value is -0.860. The number of thiophene rings is 1. The number of hydrogen-bond donors (Lipinski definition) is 1. The Bertz CT molecular complexity index is 509. The van der Waals surface area contributed by atoms with Crippen LogP contribution in [0.4, 0.5) is 0 Å². The molecule has 0 radical (unpaired) electrons. The van der Waals surface area contributed by atoms with E-state index in [1.54, 1.807) is 0 Å². The number of aryl methyl sites for hydroxylation is 1. The van der Waals surface area contributed by atoms with Gasteiger partial charge in [0, 0.05) is 17.3 Å². The normalized spacial score (nSPS) is 17.0. The number of rotatable bonds is 3. The zero-order valence-electron chi connectivity index (χ0n) is 10.3. The highest BCUT2D eigenvalue weighted by molar-refractivity contribution is 7.17. The first-order valence-electron chi connectivity index (χ1n) is 6.53. The van der Waals surface area contributed by atoms with Crippen LogP contribution in [0.15, 0.2) is 23.6 Å². The molecule has 0 atom stereocenters. The number of hydrogen-bond acceptors (Lipinski definition) is 2. The zero-order valence-corrected chi connectivity index (χ0v) is 11.1. The number of benzene rings is 1. The summed E-state index contributed by atoms with van der Waals surface area (Å²) in [5.41, 5.74) is 2.88. The van der Waals surface area contributed by atoms with E-state index in [1.165, 1.54) is 46.9 Å². The van der Waals surface area contributed by atoms with E-state index in [4.69, 9.17) is 0 Å². The van der Waals surface area contributed by atoms with E-state index in [-0.39, 0.29) is 0 Å². The topological polar surface area (TPSA) is 12.0 Å². The molecule has 3 rings (SSSR count). The van der Waals surface area contributed by atoms with E-state index in [2.05, 4.69) is 35.8 Å². The Morgan fingerprint density at radius 2 is 2.12 bits per heavy atom. The molecular weight excluding hydrogens is 226 g/mol. The van der Waals surface area contributed by atoms with E-state index < -0.39 is 0 Å². The molecule has 1 aliphatic carbocycles. The lowest BCUT2D eigenvalue weighted by atomic mass is 10.1. The van der Waals surface area contributed by atoms with Gasteiger partial charge in [0.25, 0.3) is 0 Å². The monoisotopic (exact) mass is 245 g/mol. The minimum Gasteiger partial charge on any atom is -0.310 e. The summed E-state index contributed by atoms with van der Waals surface area (Å²) in [4.78, 5) is 0. The minimum absolute atomic E-state index is 0.759. The standard InChI is InChI=1S/C15H19NS/c1-11-5-4-8-14-12(10-17-15(11)14)9-16-13-6-2-3-7-13/h4-5,8,10,13,16H,2-3,6-7,9H2,1H3. The van der Waals surface area contributed by atoms with E-state index in [1.807, 2.05) is 11.3 Å². The van der Waals surface area contributed by atoms with Crippen molar-refractivity contribution in [1.82, 2.24) is 5.32 Å². The fourth-order valence-electron chi connectivity index (χ4n) is 2.78. The first-order chi connectivity index (χ1) is 8.34. The molecule has 1 aliphatic rings. The summed E-state index contributed by atoms with van der Waals surface area (Å²) in [5, 5.41) is 7.47. The third-order valence-corrected chi connectivity index (χ3v) is 4.99. The predicted molar refractivity (Wildman–Crippen MR) is 75.7 cm³/mol. The summed E-state index contributed by atoms with van der Waals surface area (Å²) >= 11 is 1.88. The average molecular weight is 245 g/mol. The van der Waals surface area contributed by atoms with Crippen molar-refractivity contribution >= 4 is 21.4 Å². The molecule has 0 bridgehead atoms. The van der Waals surface area contributed by atoms with Crippen molar-refractivity contribution in [2.45, 2.75) is 45.2 Å². The molecule has 0 amide bonds. The maximum atomic E-state index is 3.70. The molecule has 1 saturated carbocycles. The third-order valence-electron chi connectivity index (χ3n) is 3.81. The summed E-state index contributed by atoms with van der Waals surface area (Å²) in [6.07, 6.45) is 5.53. The Balaban J connectivity index is 1.78. The van der Waals surface area contributed by atoms with Crippen LogP contribution in [-0.4, -0.2) is 6.04 Å². The van der Waals surface area contributed by atoms with Crippen LogP contribution in [-0.2, 0) is 6.54 Å². The summed E-state index contributed by atoms with van der Waals surface area (Å²) in [5.74, 6) is 0. The van der Waals surface area contributed by atoms with Crippen LogP contribution in [0, 0.1) is 6.92 Å². The van der Waals surface area contributed by atoms with Gasteiger partial charge in [0.1, 0.15) is 0 Å². The first-order valence-corrected chi connectivity index (χ1v) is 7.41. The van der Waals surface area contributed by atoms with Gasteiger partial charge in [-0.25, -0.2) is 0 Å². The highest BCUT2D eigenvalue weighted by Crippen LogP contribution is 2.29. The lowest BCUT2D eigenvalue weighted by Crippen LogP contribution is -2.25. The molecule has 0 spiro atoms. The van der Waals surface area contributed by atoms with Crippen molar-refractivity contribution in [3.63, 3.8) is 0 Å². The fourth-order valence-corrected chi connectivity index (χ4v) is 3.83. The molecule has 1 aromatic heterocycles. The second-order valence-corrected chi connectivity index (χ2v) is 5.95. The Morgan fingerprint density at radius 1 is 1.29 bits per heavy atom. The summed E-state index contributed by atoms with van der Waals surface area (Å²) in [6, 6.07) is 7.38. The van der Waals surface area contributed by atoms with E-state index >= 15 is 0 Å². The van der Waals surface area contributed by atoms with Gasteiger partial charge in [-0.3, -0.25) is 0 Å². The summed E-state index contributed by atoms with van der Waals surface area (Å²) in [7, 11) is 0. The van der Waals surface area contributed by atoms with Gasteiger partial charge >= 0.3 is 0 Å². The van der Waals surface area contributed by atoms with Crippen molar-refractivity contribution in [2.75, 3.05) is 0 Å². The van der Waals surface area contributed by atoms with E-state index in [9.17, 15) is 0 Å². The van der Waals surface area contributed by atoms with Crippen LogP contribution in [0.5, 0.6) is 0 Å². The lowest BCUT2D eigenvalue weighted by molar-refractivity contribution is 0.526. The lowest BCUT2D eigenvalue weighted by Gasteiger charge is -2.11. The quantitative estimate of drug-likeness (QED) is 0.852. The molecule has 90 valence electrons. The molecule has 1 aromatic carbocycles. The predicted octanol–water partition coefficient (Wildman–Crippen LogP) is 4.24. The summed E-state index contributed by atoms with van der Waals surface area (Å²) in [6.45, 7) is 3.24. The molecule has 1 heterocycles. The highest BCUT2D eigenvalue weighted by Gasteiger charge is 2.14. The maximum absolute atomic E-state index is 3.70. The molecule has 1 N–H and O–H groups in total. The first kappa shape index (κ1) is 11.2. The molecule has 0 unspecified atom stereocenters. The molecule has 2 heteroatoms. The molecule has 0 aliphatic heterocycles. The molecule has 17 heavy (non-hydrogen) atoms. The van der Waals surface area contributed by atoms with Gasteiger partial charge in [-0.1, -0.05) is 31.0 Å². The zero-order chi connectivity index (χ0) is 11.7. The molecule has 0 saturated heterocycles. The van der Waals surface area contributed by atoms with Crippen molar-refractivity contribution in [1.29, 1.82) is 0 Å². The van der Waals surface area contributed by atoms with Crippen LogP contribution < -0.4 is 5.32 Å². The second-order valence-electron chi connectivity index (χ2n) is 5.07. The van der Waals surface area contributed by atoms with E-state index in [0.717, 1.165) is 12.6 Å². The van der Waals surface area contributed by atoms with Gasteiger partial charge < -0.3 is 5.32 Å². The smallest absolute Gasteiger partial charge is 0.0375 e. The van der Waals surface area contributed by atoms with Gasteiger partial charge in [0.15, 0.2) is 0 Å². The molecule has 2 aromatic rings. The van der Waals surface area contributed by atoms with Crippen molar-refractivity contribution in [3.05, 3.63) is 34.7 Å². The largest absolute Gasteiger partial charge is 0.310 e. The van der Waals surface area contributed by atoms with E-state index in [0.29, 0.717) is 0 Å². The summed E-state index contributed by atoms with van der Waals surface area (Å²) < 4.78 is 1.45. The SMILES string of the molecule is Cc1cccc2c(CNC3CCCC3)csc12. The Morgan fingerprint density at radius 3 is 2.94 bits per heavy atom. The molecule has 1 nitrogen and oxygen atoms in total. The van der Waals surface area contributed by atoms with Crippen molar-refractivity contribution < 1.29 is 0 Å². The number of fused-ring (bicyclic) bond motifs is 1. The number of nitrogens with one attached hydrogen (secondary N) is 1. The molecule has 1 fully saturated rings. The average Bonchev–Trinajstić information content (AvgIpc) is 2.95. The van der Waals surface area contributed by atoms with Gasteiger partial charge in [-0.2, -0.15) is 0 Å². The fraction of sp³-hybridized carbons (Fsp3) is 0.467. The van der Waals surface area contributed by atoms with Crippen LogP contribution in [0.25, 0.3) is 10.1 Å². The van der Waals surface area contributed by atoms with Crippen LogP contribution in [0.2, 0.25) is 0 Å². The van der Waals surface area contributed by atoms with Gasteiger partial charge in [0.2, 0.25) is 0 Å². The third kappa shape index (κ3) is 2.24. The van der Waals surface area contributed by atoms with Crippen LogP contribution in [0.1, 0.15) is 36.8 Å². The Labute approximate surface area is 107 Å². The van der Waals surface area contributed by atoms with Gasteiger partial charge in [-0.15, -0.1) is 11.3 Å². The Kier molecular flexibility index (Phi) is 3.17. The van der Waals surface area contributed by atoms with Gasteiger partial charge in [-0.05, 0) is 41.7 Å². The van der Waals surface area contributed by atoms with Gasteiger partial charge in [0.05, 0.1) is 0 Å². The van der Waals surface area contributed by atoms with Crippen molar-refractivity contribution in [2.24, 2.45) is 0 Å². The molecular formula is C15H19NS. The van der Waals surface area contributed by atoms with Crippen LogP contribution in [0.3, 0.4) is 0 Å². The second kappa shape index (κ2) is 4.79.